The fourth-order valence-electron chi connectivity index (χ4n) is 4.18. The minimum atomic E-state index is -1.02. The Kier molecular flexibility index (Phi) is 3.61. The monoisotopic (exact) mass is 347 g/mol. The number of anilines is 1. The molecule has 0 spiro atoms. The summed E-state index contributed by atoms with van der Waals surface area (Å²) in [4.78, 5) is 27.7. The third-order valence-electron chi connectivity index (χ3n) is 5.46. The van der Waals surface area contributed by atoms with Crippen LogP contribution in [0.4, 0.5) is 5.69 Å². The van der Waals surface area contributed by atoms with E-state index in [4.69, 9.17) is 0 Å². The van der Waals surface area contributed by atoms with E-state index in [-0.39, 0.29) is 18.2 Å². The Labute approximate surface area is 152 Å². The van der Waals surface area contributed by atoms with Gasteiger partial charge in [0.2, 0.25) is 11.8 Å². The second-order valence-corrected chi connectivity index (χ2v) is 6.81. The topological polar surface area (TPSA) is 54.3 Å². The van der Waals surface area contributed by atoms with E-state index in [1.54, 1.807) is 19.0 Å². The molecule has 1 aromatic heterocycles. The maximum absolute atomic E-state index is 13.5. The summed E-state index contributed by atoms with van der Waals surface area (Å²) < 4.78 is 2.02. The molecule has 0 saturated heterocycles. The maximum Gasteiger partial charge on any atom is 0.242 e. The number of hydrogen-bond acceptors (Lipinski definition) is 2. The second-order valence-electron chi connectivity index (χ2n) is 6.81. The number of fused-ring (bicyclic) bond motifs is 2. The average molecular weight is 347 g/mol. The smallest absolute Gasteiger partial charge is 0.242 e. The van der Waals surface area contributed by atoms with Crippen LogP contribution in [0.2, 0.25) is 0 Å². The lowest BCUT2D eigenvalue weighted by Crippen LogP contribution is -2.43. The van der Waals surface area contributed by atoms with E-state index in [0.717, 1.165) is 27.7 Å². The number of nitrogens with one attached hydrogen (secondary N) is 1. The SMILES string of the molecule is CNC(=O)C[C@]1(c2cn(C)c3ccccc23)C(=O)N(C)c2ccccc21. The van der Waals surface area contributed by atoms with Gasteiger partial charge in [-0.25, -0.2) is 0 Å². The lowest BCUT2D eigenvalue weighted by atomic mass is 9.72. The third kappa shape index (κ3) is 2.03. The molecule has 26 heavy (non-hydrogen) atoms. The third-order valence-corrected chi connectivity index (χ3v) is 5.46. The molecule has 1 atom stereocenters. The van der Waals surface area contributed by atoms with E-state index >= 15 is 0 Å². The number of rotatable bonds is 3. The predicted molar refractivity (Wildman–Crippen MR) is 102 cm³/mol. The van der Waals surface area contributed by atoms with Crippen LogP contribution in [0.3, 0.4) is 0 Å². The van der Waals surface area contributed by atoms with Gasteiger partial charge in [0, 0.05) is 50.4 Å². The van der Waals surface area contributed by atoms with E-state index in [2.05, 4.69) is 5.32 Å². The molecule has 2 amide bonds. The number of amides is 2. The van der Waals surface area contributed by atoms with Crippen LogP contribution in [0.15, 0.2) is 54.7 Å². The molecule has 4 rings (SSSR count). The first kappa shape index (κ1) is 16.4. The summed E-state index contributed by atoms with van der Waals surface area (Å²) in [5.41, 5.74) is 2.63. The van der Waals surface area contributed by atoms with Crippen molar-refractivity contribution in [2.75, 3.05) is 19.0 Å². The van der Waals surface area contributed by atoms with E-state index in [0.29, 0.717) is 0 Å². The molecule has 0 aliphatic carbocycles. The van der Waals surface area contributed by atoms with Crippen molar-refractivity contribution in [3.63, 3.8) is 0 Å². The van der Waals surface area contributed by atoms with E-state index in [9.17, 15) is 9.59 Å². The van der Waals surface area contributed by atoms with Gasteiger partial charge in [-0.3, -0.25) is 9.59 Å². The molecule has 2 aromatic carbocycles. The van der Waals surface area contributed by atoms with Crippen LogP contribution in [0, 0.1) is 0 Å². The van der Waals surface area contributed by atoms with Gasteiger partial charge in [-0.2, -0.15) is 0 Å². The van der Waals surface area contributed by atoms with Crippen LogP contribution >= 0.6 is 0 Å². The molecule has 5 nitrogen and oxygen atoms in total. The zero-order chi connectivity index (χ0) is 18.5. The number of aromatic nitrogens is 1. The van der Waals surface area contributed by atoms with Gasteiger partial charge in [-0.1, -0.05) is 36.4 Å². The molecule has 1 aliphatic rings. The zero-order valence-electron chi connectivity index (χ0n) is 15.1. The van der Waals surface area contributed by atoms with Gasteiger partial charge in [-0.15, -0.1) is 0 Å². The summed E-state index contributed by atoms with van der Waals surface area (Å²) in [6.07, 6.45) is 2.07. The minimum Gasteiger partial charge on any atom is -0.359 e. The van der Waals surface area contributed by atoms with Crippen molar-refractivity contribution in [3.8, 4) is 0 Å². The van der Waals surface area contributed by atoms with Crippen molar-refractivity contribution < 1.29 is 9.59 Å². The van der Waals surface area contributed by atoms with Crippen molar-refractivity contribution in [2.24, 2.45) is 7.05 Å². The van der Waals surface area contributed by atoms with Crippen molar-refractivity contribution in [3.05, 3.63) is 65.9 Å². The summed E-state index contributed by atoms with van der Waals surface area (Å²) >= 11 is 0. The first-order valence-electron chi connectivity index (χ1n) is 8.63. The number of aryl methyl sites for hydroxylation is 1. The quantitative estimate of drug-likeness (QED) is 0.792. The maximum atomic E-state index is 13.5. The second kappa shape index (κ2) is 5.73. The summed E-state index contributed by atoms with van der Waals surface area (Å²) in [5.74, 6) is -0.227. The van der Waals surface area contributed by atoms with Crippen molar-refractivity contribution in [1.29, 1.82) is 0 Å². The van der Waals surface area contributed by atoms with Crippen LogP contribution in [0.5, 0.6) is 0 Å². The molecule has 1 N–H and O–H groups in total. The molecule has 0 radical (unpaired) electrons. The molecule has 0 fully saturated rings. The van der Waals surface area contributed by atoms with Crippen LogP contribution in [0.1, 0.15) is 17.5 Å². The number of likely N-dealkylation sites (N-methyl/N-ethyl adjacent to an activating group) is 1. The molecule has 1 aliphatic heterocycles. The fraction of sp³-hybridized carbons (Fsp3) is 0.238. The zero-order valence-corrected chi connectivity index (χ0v) is 15.1. The number of hydrogen-bond donors (Lipinski definition) is 1. The first-order chi connectivity index (χ1) is 12.5. The largest absolute Gasteiger partial charge is 0.359 e. The van der Waals surface area contributed by atoms with Gasteiger partial charge in [0.1, 0.15) is 5.41 Å². The number of carbonyl (C=O) groups is 2. The Morgan fingerprint density at radius 2 is 1.73 bits per heavy atom. The lowest BCUT2D eigenvalue weighted by Gasteiger charge is -2.27. The van der Waals surface area contributed by atoms with Crippen molar-refractivity contribution in [2.45, 2.75) is 11.8 Å². The van der Waals surface area contributed by atoms with Crippen LogP contribution < -0.4 is 10.2 Å². The van der Waals surface area contributed by atoms with Gasteiger partial charge in [-0.05, 0) is 23.3 Å². The summed E-state index contributed by atoms with van der Waals surface area (Å²) in [7, 11) is 5.35. The molecule has 0 unspecified atom stereocenters. The lowest BCUT2D eigenvalue weighted by molar-refractivity contribution is -0.128. The molecule has 3 aromatic rings. The van der Waals surface area contributed by atoms with Gasteiger partial charge >= 0.3 is 0 Å². The Balaban J connectivity index is 2.08. The summed E-state index contributed by atoms with van der Waals surface area (Å²) in [6.45, 7) is 0. The van der Waals surface area contributed by atoms with Gasteiger partial charge in [0.05, 0.1) is 0 Å². The van der Waals surface area contributed by atoms with Crippen LogP contribution in [-0.4, -0.2) is 30.5 Å². The molecule has 132 valence electrons. The first-order valence-corrected chi connectivity index (χ1v) is 8.63. The number of carbonyl (C=O) groups excluding carboxylic acids is 2. The standard InChI is InChI=1S/C21H21N3O2/c1-22-19(25)12-21(15-9-5-7-11-18(15)24(3)20(21)26)16-13-23(2)17-10-6-4-8-14(16)17/h4-11,13H,12H2,1-3H3,(H,22,25)/t21-/m0/s1. The highest BCUT2D eigenvalue weighted by Crippen LogP contribution is 2.49. The average Bonchev–Trinajstić information content (AvgIpc) is 3.11. The van der Waals surface area contributed by atoms with Gasteiger partial charge < -0.3 is 14.8 Å². The van der Waals surface area contributed by atoms with Gasteiger partial charge in [0.15, 0.2) is 0 Å². The van der Waals surface area contributed by atoms with Crippen LogP contribution in [-0.2, 0) is 22.1 Å². The molecule has 2 heterocycles. The Morgan fingerprint density at radius 1 is 1.04 bits per heavy atom. The van der Waals surface area contributed by atoms with Crippen molar-refractivity contribution >= 4 is 28.4 Å². The van der Waals surface area contributed by atoms with Crippen LogP contribution in [0.25, 0.3) is 10.9 Å². The molecular formula is C21H21N3O2. The molecule has 5 heteroatoms. The highest BCUT2D eigenvalue weighted by Gasteiger charge is 2.53. The number of benzene rings is 2. The van der Waals surface area contributed by atoms with E-state index in [1.165, 1.54) is 0 Å². The molecule has 0 saturated carbocycles. The van der Waals surface area contributed by atoms with Crippen molar-refractivity contribution in [1.82, 2.24) is 9.88 Å². The Bertz CT molecular complexity index is 1040. The number of nitrogens with zero attached hydrogens (tertiary/aromatic N) is 2. The fourth-order valence-corrected chi connectivity index (χ4v) is 4.18. The highest BCUT2D eigenvalue weighted by molar-refractivity contribution is 6.14. The molecular weight excluding hydrogens is 326 g/mol. The Hall–Kier alpha value is -3.08. The number of para-hydroxylation sites is 2. The minimum absolute atomic E-state index is 0.0707. The predicted octanol–water partition coefficient (Wildman–Crippen LogP) is 2.58. The summed E-state index contributed by atoms with van der Waals surface area (Å²) in [6, 6.07) is 15.7. The Morgan fingerprint density at radius 3 is 2.50 bits per heavy atom. The van der Waals surface area contributed by atoms with E-state index in [1.807, 2.05) is 66.3 Å². The highest BCUT2D eigenvalue weighted by atomic mass is 16.2. The normalized spacial score (nSPS) is 19.0. The summed E-state index contributed by atoms with van der Waals surface area (Å²) in [5, 5.41) is 3.69. The van der Waals surface area contributed by atoms with Gasteiger partial charge in [0.25, 0.3) is 0 Å². The molecule has 0 bridgehead atoms. The van der Waals surface area contributed by atoms with E-state index < -0.39 is 5.41 Å².